The van der Waals surface area contributed by atoms with Crippen molar-refractivity contribution in [1.29, 1.82) is 0 Å². The number of aliphatic carboxylic acids is 1. The van der Waals surface area contributed by atoms with Crippen molar-refractivity contribution in [3.8, 4) is 0 Å². The first-order chi connectivity index (χ1) is 44.4. The van der Waals surface area contributed by atoms with Gasteiger partial charge in [0, 0.05) is 19.8 Å². The Balaban J connectivity index is 1.59. The van der Waals surface area contributed by atoms with E-state index >= 15 is 0 Å². The van der Waals surface area contributed by atoms with Gasteiger partial charge in [-0.1, -0.05) is 218 Å². The van der Waals surface area contributed by atoms with Crippen LogP contribution in [0.2, 0.25) is 0 Å². The van der Waals surface area contributed by atoms with Crippen LogP contribution in [-0.4, -0.2) is 215 Å². The number of carboxylic acids is 1. The van der Waals surface area contributed by atoms with Gasteiger partial charge in [-0.15, -0.1) is 0 Å². The van der Waals surface area contributed by atoms with E-state index in [2.05, 4.69) is 36.6 Å². The molecule has 0 spiro atoms. The molecule has 0 aromatic rings. The van der Waals surface area contributed by atoms with Gasteiger partial charge in [-0.2, -0.15) is 0 Å². The smallest absolute Gasteiger partial charge is 0.364 e. The fraction of sp³-hybridized carbons (Fsp3) is 0.899. The summed E-state index contributed by atoms with van der Waals surface area (Å²) in [6.07, 6.45) is 20.8. The molecule has 0 saturated carbocycles. The first kappa shape index (κ1) is 83.4. The van der Waals surface area contributed by atoms with Crippen molar-refractivity contribution in [3.05, 3.63) is 24.3 Å². The van der Waals surface area contributed by atoms with Gasteiger partial charge in [-0.05, 0) is 44.9 Å². The summed E-state index contributed by atoms with van der Waals surface area (Å²) in [7, 11) is 0. The van der Waals surface area contributed by atoms with Crippen LogP contribution in [-0.2, 0) is 42.8 Å². The van der Waals surface area contributed by atoms with E-state index in [-0.39, 0.29) is 12.3 Å². The third-order valence-electron chi connectivity index (χ3n) is 18.1. The second-order valence-electron chi connectivity index (χ2n) is 26.1. The molecular weight excluding hydrogens is 1190 g/mol. The topological polar surface area (TPSA) is 373 Å². The highest BCUT2D eigenvalue weighted by atomic mass is 16.8. The Bertz CT molecular complexity index is 1960. The average Bonchev–Trinajstić information content (AvgIpc) is 0.767. The van der Waals surface area contributed by atoms with Gasteiger partial charge >= 0.3 is 5.97 Å². The molecule has 0 aromatic heterocycles. The van der Waals surface area contributed by atoms with E-state index in [1.54, 1.807) is 6.08 Å². The van der Waals surface area contributed by atoms with Crippen LogP contribution in [0.15, 0.2) is 24.3 Å². The van der Waals surface area contributed by atoms with Gasteiger partial charge in [-0.25, -0.2) is 4.79 Å². The van der Waals surface area contributed by atoms with Crippen molar-refractivity contribution >= 4 is 17.8 Å². The molecule has 18 atom stereocenters. The van der Waals surface area contributed by atoms with E-state index in [9.17, 15) is 75.7 Å². The number of hydrogen-bond acceptors (Lipinski definition) is 20. The minimum atomic E-state index is -3.08. The Morgan fingerprint density at radius 3 is 1.49 bits per heavy atom. The molecule has 3 rings (SSSR count). The summed E-state index contributed by atoms with van der Waals surface area (Å²) in [6.45, 7) is 2.13. The zero-order valence-corrected chi connectivity index (χ0v) is 56.2. The fourth-order valence-electron chi connectivity index (χ4n) is 12.4. The minimum absolute atomic E-state index is 0.196. The second kappa shape index (κ2) is 49.7. The van der Waals surface area contributed by atoms with Gasteiger partial charge in [0.25, 0.3) is 5.79 Å². The maximum Gasteiger partial charge on any atom is 0.364 e. The quantitative estimate of drug-likeness (QED) is 0.0219. The lowest BCUT2D eigenvalue weighted by molar-refractivity contribution is -0.386. The molecule has 3 aliphatic rings. The molecule has 23 nitrogen and oxygen atoms in total. The van der Waals surface area contributed by atoms with Crippen LogP contribution < -0.4 is 10.6 Å². The Kier molecular flexibility index (Phi) is 45.1. The zero-order valence-electron chi connectivity index (χ0n) is 56.2. The van der Waals surface area contributed by atoms with E-state index in [1.807, 2.05) is 6.08 Å². The molecule has 14 N–H and O–H groups in total. The number of rotatable bonds is 54. The third-order valence-corrected chi connectivity index (χ3v) is 18.1. The van der Waals surface area contributed by atoms with Gasteiger partial charge in [0.05, 0.1) is 50.7 Å². The third kappa shape index (κ3) is 31.6. The first-order valence-electron chi connectivity index (χ1n) is 35.7. The molecule has 23 heteroatoms. The summed E-state index contributed by atoms with van der Waals surface area (Å²) < 4.78 is 34.8. The number of carboxylic acid groups (broad SMARTS) is 1. The standard InChI is InChI=1S/C69H126N2O21/c1-4-6-8-10-12-14-16-18-20-21-22-23-24-25-26-27-29-30-32-34-36-38-40-42-51(76)50(71-56(79)43-41-39-37-35-33-31-28-19-17-15-13-11-9-7-5-2)48-87-66-61(83)60(82)63(55(47-74)89-66)90-67-62(84)65(59(81)54(46-73)88-67)92-69(68(85)86)44-52(77)57(70-49(3)75)64(91-69)58(80)53(78)45-72/h15,17,40,42,50-55,57-67,72-74,76-78,80-84H,4-14,16,18-39,41,43-48H2,1-3H3,(H,70,75)(H,71,79)(H,85,86)/b17-15-,42-40+. The summed E-state index contributed by atoms with van der Waals surface area (Å²) in [5.74, 6) is -6.15. The number of aliphatic hydroxyl groups excluding tert-OH is 11. The summed E-state index contributed by atoms with van der Waals surface area (Å²) in [6, 6.07) is -2.62. The van der Waals surface area contributed by atoms with Crippen molar-refractivity contribution in [1.82, 2.24) is 10.6 Å². The lowest BCUT2D eigenvalue weighted by Crippen LogP contribution is -2.70. The maximum absolute atomic E-state index is 13.4. The Labute approximate surface area is 549 Å². The predicted molar refractivity (Wildman–Crippen MR) is 348 cm³/mol. The Morgan fingerprint density at radius 1 is 0.565 bits per heavy atom. The Morgan fingerprint density at radius 2 is 1.02 bits per heavy atom. The molecule has 3 heterocycles. The average molecular weight is 1320 g/mol. The van der Waals surface area contributed by atoms with Gasteiger partial charge < -0.3 is 100 Å². The van der Waals surface area contributed by atoms with Gasteiger partial charge in [0.15, 0.2) is 12.6 Å². The maximum atomic E-state index is 13.4. The van der Waals surface area contributed by atoms with E-state index < -0.39 is 155 Å². The van der Waals surface area contributed by atoms with E-state index in [1.165, 1.54) is 141 Å². The largest absolute Gasteiger partial charge is 0.477 e. The summed E-state index contributed by atoms with van der Waals surface area (Å²) >= 11 is 0. The van der Waals surface area contributed by atoms with Gasteiger partial charge in [0.2, 0.25) is 11.8 Å². The fourth-order valence-corrected chi connectivity index (χ4v) is 12.4. The molecular formula is C69H126N2O21. The minimum Gasteiger partial charge on any atom is -0.477 e. The lowest BCUT2D eigenvalue weighted by atomic mass is 9.88. The van der Waals surface area contributed by atoms with Crippen LogP contribution in [0.25, 0.3) is 0 Å². The molecule has 0 aliphatic carbocycles. The SMILES string of the molecule is CCCCCC/C=C\CCCCCCCCCC(=O)NC(COC1OC(CO)C(OC2OC(CO)C(O)C(OC3(C(=O)O)CC(O)C(NC(C)=O)C(C(O)C(O)CO)O3)C2O)C(O)C1O)C(O)/C=C/CCCCCCCCCCCCCCCCCCCCCCC. The normalized spacial score (nSPS) is 28.3. The van der Waals surface area contributed by atoms with E-state index in [0.717, 1.165) is 77.6 Å². The van der Waals surface area contributed by atoms with Crippen LogP contribution in [0, 0.1) is 0 Å². The highest BCUT2D eigenvalue weighted by Crippen LogP contribution is 2.39. The number of nitrogens with one attached hydrogen (secondary N) is 2. The number of aliphatic hydroxyl groups is 11. The van der Waals surface area contributed by atoms with Crippen LogP contribution in [0.3, 0.4) is 0 Å². The van der Waals surface area contributed by atoms with Crippen molar-refractivity contribution in [2.45, 2.75) is 368 Å². The number of ether oxygens (including phenoxy) is 6. The molecule has 538 valence electrons. The van der Waals surface area contributed by atoms with Crippen LogP contribution in [0.4, 0.5) is 0 Å². The van der Waals surface area contributed by atoms with Crippen molar-refractivity contribution in [2.24, 2.45) is 0 Å². The van der Waals surface area contributed by atoms with Gasteiger partial charge in [0.1, 0.15) is 67.1 Å². The highest BCUT2D eigenvalue weighted by Gasteiger charge is 2.60. The molecule has 92 heavy (non-hydrogen) atoms. The summed E-state index contributed by atoms with van der Waals surface area (Å²) in [5.41, 5.74) is 0. The number of carbonyl (C=O) groups excluding carboxylic acids is 2. The van der Waals surface area contributed by atoms with E-state index in [0.29, 0.717) is 12.8 Å². The lowest BCUT2D eigenvalue weighted by Gasteiger charge is -2.50. The molecule has 3 aliphatic heterocycles. The van der Waals surface area contributed by atoms with E-state index in [4.69, 9.17) is 28.4 Å². The second-order valence-corrected chi connectivity index (χ2v) is 26.1. The highest BCUT2D eigenvalue weighted by molar-refractivity contribution is 5.77. The van der Waals surface area contributed by atoms with Crippen LogP contribution in [0.5, 0.6) is 0 Å². The summed E-state index contributed by atoms with van der Waals surface area (Å²) in [4.78, 5) is 38.5. The molecule has 18 unspecified atom stereocenters. The molecule has 0 bridgehead atoms. The van der Waals surface area contributed by atoms with Gasteiger partial charge in [-0.3, -0.25) is 9.59 Å². The summed E-state index contributed by atoms with van der Waals surface area (Å²) in [5, 5.41) is 136. The number of allylic oxidation sites excluding steroid dienone is 3. The monoisotopic (exact) mass is 1320 g/mol. The first-order valence-corrected chi connectivity index (χ1v) is 35.7. The van der Waals surface area contributed by atoms with Crippen LogP contribution >= 0.6 is 0 Å². The molecule has 0 radical (unpaired) electrons. The zero-order chi connectivity index (χ0) is 67.5. The van der Waals surface area contributed by atoms with Crippen molar-refractivity contribution in [3.63, 3.8) is 0 Å². The number of carbonyl (C=O) groups is 3. The molecule has 3 fully saturated rings. The molecule has 0 aromatic carbocycles. The number of unbranched alkanes of at least 4 members (excludes halogenated alkanes) is 32. The number of amides is 2. The molecule has 2 amide bonds. The Hall–Kier alpha value is -2.79. The van der Waals surface area contributed by atoms with Crippen molar-refractivity contribution < 1.29 is 104 Å². The van der Waals surface area contributed by atoms with Crippen LogP contribution in [0.1, 0.15) is 258 Å². The molecule has 3 saturated heterocycles. The predicted octanol–water partition coefficient (Wildman–Crippen LogP) is 6.84. The number of hydrogen-bond donors (Lipinski definition) is 14. The van der Waals surface area contributed by atoms with Crippen molar-refractivity contribution in [2.75, 3.05) is 26.4 Å².